The maximum absolute atomic E-state index is 14.0. The molecule has 16 nitrogen and oxygen atoms in total. The predicted octanol–water partition coefficient (Wildman–Crippen LogP) is 1.08. The molecule has 51 heavy (non-hydrogen) atoms. The van der Waals surface area contributed by atoms with Crippen molar-refractivity contribution in [1.82, 2.24) is 25.8 Å². The van der Waals surface area contributed by atoms with E-state index in [0.717, 1.165) is 24.0 Å². The number of ether oxygens (including phenoxy) is 3. The summed E-state index contributed by atoms with van der Waals surface area (Å²) in [4.78, 5) is 54.3. The molecule has 3 amide bonds. The lowest BCUT2D eigenvalue weighted by molar-refractivity contribution is -0.153. The molecule has 5 rings (SSSR count). The largest absolute Gasteiger partial charge is 0.493 e. The van der Waals surface area contributed by atoms with Crippen LogP contribution in [0, 0.1) is 12.3 Å². The van der Waals surface area contributed by atoms with E-state index in [1.807, 2.05) is 33.0 Å². The van der Waals surface area contributed by atoms with Gasteiger partial charge in [0.05, 0.1) is 24.2 Å². The van der Waals surface area contributed by atoms with Crippen LogP contribution in [0.25, 0.3) is 0 Å². The van der Waals surface area contributed by atoms with Crippen LogP contribution in [0.15, 0.2) is 24.0 Å². The van der Waals surface area contributed by atoms with Crippen LogP contribution in [0.4, 0.5) is 4.79 Å². The molecule has 1 aromatic carbocycles. The van der Waals surface area contributed by atoms with E-state index >= 15 is 0 Å². The van der Waals surface area contributed by atoms with E-state index in [2.05, 4.69) is 20.9 Å². The number of hydrogen-bond acceptors (Lipinski definition) is 10. The average molecular weight is 714 g/mol. The number of rotatable bonds is 12. The van der Waals surface area contributed by atoms with E-state index in [1.165, 1.54) is 0 Å². The first-order chi connectivity index (χ1) is 24.2. The number of guanidine groups is 1. The Morgan fingerprint density at radius 3 is 2.67 bits per heavy atom. The Kier molecular flexibility index (Phi) is 11.3. The summed E-state index contributed by atoms with van der Waals surface area (Å²) in [7, 11) is 3.56. The number of likely N-dealkylation sites (N-methyl/N-ethyl adjacent to an activating group) is 1. The summed E-state index contributed by atoms with van der Waals surface area (Å²) in [6, 6.07) is 2.14. The zero-order valence-electron chi connectivity index (χ0n) is 29.8. The van der Waals surface area contributed by atoms with Crippen molar-refractivity contribution in [3.63, 3.8) is 0 Å². The van der Waals surface area contributed by atoms with E-state index < -0.39 is 59.5 Å². The number of aryl methyl sites for hydroxylation is 1. The molecule has 0 radical (unpaired) electrons. The van der Waals surface area contributed by atoms with Crippen molar-refractivity contribution in [1.29, 1.82) is 5.41 Å². The number of carboxylic acid groups (broad SMARTS) is 1. The molecule has 2 saturated heterocycles. The highest BCUT2D eigenvalue weighted by Crippen LogP contribution is 2.62. The first-order valence-electron chi connectivity index (χ1n) is 17.6. The minimum absolute atomic E-state index is 0.0826. The molecule has 16 heteroatoms. The zero-order valence-corrected chi connectivity index (χ0v) is 29.8. The molecule has 1 unspecified atom stereocenters. The minimum atomic E-state index is -1.32. The molecule has 2 fully saturated rings. The van der Waals surface area contributed by atoms with E-state index in [-0.39, 0.29) is 37.9 Å². The summed E-state index contributed by atoms with van der Waals surface area (Å²) >= 11 is 0. The standard InChI is InChI=1S/C35H51N7O9/c1-20-10-11-24(49-4)29-28(20)34-14-17-41(3)21(2)35(34,48)13-12-25(30(34)51-29)50-33(47)42-16-6-5-8-22(42)19-39-31(46)23(9-7-15-38-32(36)37)40-26(43)18-27(44)45/h10-12,21-23,30,48H,5-9,13-19H2,1-4H3,(H,39,46)(H,40,43)(H,44,45)(H4,36,37,38)/t21-,22?,23+,30+,34+,35-/m1/s1. The second-order valence-corrected chi connectivity index (χ2v) is 14.0. The van der Waals surface area contributed by atoms with E-state index in [4.69, 9.17) is 30.5 Å². The molecule has 1 aromatic rings. The number of nitrogens with zero attached hydrogens (tertiary/aromatic N) is 2. The van der Waals surface area contributed by atoms with Crippen LogP contribution in [-0.4, -0.2) is 120 Å². The third-order valence-corrected chi connectivity index (χ3v) is 11.1. The van der Waals surface area contributed by atoms with Crippen molar-refractivity contribution in [2.45, 2.75) is 100 Å². The average Bonchev–Trinajstić information content (AvgIpc) is 3.45. The monoisotopic (exact) mass is 713 g/mol. The smallest absolute Gasteiger partial charge is 0.415 e. The number of benzene rings is 1. The summed E-state index contributed by atoms with van der Waals surface area (Å²) < 4.78 is 18.5. The first kappa shape index (κ1) is 37.7. The number of methoxy groups -OCH3 is 1. The number of amides is 3. The van der Waals surface area contributed by atoms with Gasteiger partial charge in [-0.3, -0.25) is 19.8 Å². The van der Waals surface area contributed by atoms with Gasteiger partial charge >= 0.3 is 12.1 Å². The maximum atomic E-state index is 14.0. The lowest BCUT2D eigenvalue weighted by Crippen LogP contribution is -2.71. The number of carbonyl (C=O) groups is 4. The molecule has 3 heterocycles. The number of piperidine rings is 2. The summed E-state index contributed by atoms with van der Waals surface area (Å²) in [5.74, 6) is -1.47. The maximum Gasteiger partial charge on any atom is 0.415 e. The molecule has 280 valence electrons. The van der Waals surface area contributed by atoms with Gasteiger partial charge < -0.3 is 55.9 Å². The molecular formula is C35H51N7O9. The summed E-state index contributed by atoms with van der Waals surface area (Å²) in [6.45, 7) is 5.46. The van der Waals surface area contributed by atoms with Gasteiger partial charge in [0.15, 0.2) is 23.6 Å². The van der Waals surface area contributed by atoms with Gasteiger partial charge in [0, 0.05) is 37.7 Å². The normalized spacial score (nSPS) is 27.4. The molecular weight excluding hydrogens is 662 g/mol. The Morgan fingerprint density at radius 2 is 1.96 bits per heavy atom. The van der Waals surface area contributed by atoms with Gasteiger partial charge in [-0.15, -0.1) is 0 Å². The van der Waals surface area contributed by atoms with Crippen LogP contribution in [0.1, 0.15) is 69.4 Å². The number of aliphatic hydroxyl groups is 1. The summed E-state index contributed by atoms with van der Waals surface area (Å²) in [5.41, 5.74) is 5.03. The fourth-order valence-electron chi connectivity index (χ4n) is 8.29. The summed E-state index contributed by atoms with van der Waals surface area (Å²) in [5, 5.41) is 36.8. The molecule has 0 aromatic heterocycles. The van der Waals surface area contributed by atoms with Crippen molar-refractivity contribution in [2.24, 2.45) is 5.73 Å². The second kappa shape index (κ2) is 15.4. The zero-order chi connectivity index (χ0) is 37.1. The van der Waals surface area contributed by atoms with Gasteiger partial charge in [-0.2, -0.15) is 0 Å². The highest BCUT2D eigenvalue weighted by molar-refractivity contribution is 5.96. The number of likely N-dealkylation sites (tertiary alicyclic amines) is 2. The van der Waals surface area contributed by atoms with Gasteiger partial charge in [0.1, 0.15) is 18.2 Å². The number of carboxylic acids is 1. The van der Waals surface area contributed by atoms with Crippen molar-refractivity contribution < 1.29 is 43.6 Å². The van der Waals surface area contributed by atoms with Crippen LogP contribution in [0.3, 0.4) is 0 Å². The summed E-state index contributed by atoms with van der Waals surface area (Å²) in [6.07, 6.45) is 3.11. The van der Waals surface area contributed by atoms with Gasteiger partial charge in [-0.05, 0) is 83.7 Å². The Hall–Kier alpha value is -4.57. The number of aliphatic carboxylic acids is 1. The van der Waals surface area contributed by atoms with Gasteiger partial charge in [-0.1, -0.05) is 6.07 Å². The van der Waals surface area contributed by atoms with Crippen molar-refractivity contribution >= 4 is 29.8 Å². The fraction of sp³-hybridized carbons (Fsp3) is 0.629. The van der Waals surface area contributed by atoms with Crippen LogP contribution >= 0.6 is 0 Å². The molecule has 3 aliphatic heterocycles. The third kappa shape index (κ3) is 7.29. The predicted molar refractivity (Wildman–Crippen MR) is 185 cm³/mol. The molecule has 1 aliphatic carbocycles. The Balaban J connectivity index is 1.32. The van der Waals surface area contributed by atoms with E-state index in [0.29, 0.717) is 49.6 Å². The van der Waals surface area contributed by atoms with E-state index in [9.17, 15) is 24.3 Å². The van der Waals surface area contributed by atoms with Crippen molar-refractivity contribution in [3.05, 3.63) is 35.1 Å². The Bertz CT molecular complexity index is 1570. The molecule has 4 aliphatic rings. The van der Waals surface area contributed by atoms with E-state index in [1.54, 1.807) is 18.1 Å². The van der Waals surface area contributed by atoms with Crippen LogP contribution in [0.2, 0.25) is 0 Å². The van der Waals surface area contributed by atoms with Gasteiger partial charge in [-0.25, -0.2) is 4.79 Å². The SMILES string of the molecule is COc1ccc(C)c2c1O[C@H]1C(OC(=O)N3CCCCC3CNC(=O)[C@H](CCCNC(=N)N)NC(=O)CC(=O)O)=CC[C@@]3(O)[C@@H](C)N(C)CC[C@]213. The second-order valence-electron chi connectivity index (χ2n) is 14.0. The number of nitrogens with one attached hydrogen (secondary N) is 4. The molecule has 0 bridgehead atoms. The number of fused-ring (bicyclic) bond motifs is 1. The van der Waals surface area contributed by atoms with Crippen LogP contribution < -0.4 is 31.2 Å². The lowest BCUT2D eigenvalue weighted by atomic mass is 9.54. The van der Waals surface area contributed by atoms with Gasteiger partial charge in [0.2, 0.25) is 11.8 Å². The Morgan fingerprint density at radius 1 is 1.20 bits per heavy atom. The fourth-order valence-corrected chi connectivity index (χ4v) is 8.29. The topological polar surface area (TPSA) is 229 Å². The molecule has 8 N–H and O–H groups in total. The van der Waals surface area contributed by atoms with Gasteiger partial charge in [0.25, 0.3) is 0 Å². The number of carbonyl (C=O) groups excluding carboxylic acids is 3. The van der Waals surface area contributed by atoms with Crippen LogP contribution in [-0.2, 0) is 24.5 Å². The van der Waals surface area contributed by atoms with Crippen molar-refractivity contribution in [3.8, 4) is 11.5 Å². The Labute approximate surface area is 297 Å². The highest BCUT2D eigenvalue weighted by Gasteiger charge is 2.69. The molecule has 1 spiro atoms. The minimum Gasteiger partial charge on any atom is -0.493 e. The lowest BCUT2D eigenvalue weighted by Gasteiger charge is -2.58. The highest BCUT2D eigenvalue weighted by atomic mass is 16.6. The van der Waals surface area contributed by atoms with Crippen molar-refractivity contribution in [2.75, 3.05) is 40.3 Å². The first-order valence-corrected chi connectivity index (χ1v) is 17.6. The number of hydrogen-bond donors (Lipinski definition) is 7. The molecule has 6 atom stereocenters. The molecule has 0 saturated carbocycles. The number of nitrogens with two attached hydrogens (primary N) is 1. The van der Waals surface area contributed by atoms with Crippen LogP contribution in [0.5, 0.6) is 11.5 Å². The third-order valence-electron chi connectivity index (χ3n) is 11.1. The quantitative estimate of drug-likeness (QED) is 0.0699.